The molecule has 2 amide bonds. The van der Waals surface area contributed by atoms with Crippen molar-refractivity contribution in [1.82, 2.24) is 4.90 Å². The number of carbonyl (C=O) groups excluding carboxylic acids is 2. The Labute approximate surface area is 171 Å². The lowest BCUT2D eigenvalue weighted by atomic mass is 9.96. The van der Waals surface area contributed by atoms with E-state index in [1.807, 2.05) is 38.1 Å². The molecule has 0 saturated carbocycles. The summed E-state index contributed by atoms with van der Waals surface area (Å²) in [7, 11) is 0. The Hall–Kier alpha value is -2.37. The summed E-state index contributed by atoms with van der Waals surface area (Å²) in [5, 5.41) is 6.50. The topological polar surface area (TPSA) is 61.4 Å². The molecular formula is C22H26ClN3O2. The number of benzene rings is 2. The number of piperidine rings is 1. The van der Waals surface area contributed by atoms with Crippen LogP contribution in [0.25, 0.3) is 0 Å². The van der Waals surface area contributed by atoms with Gasteiger partial charge in [-0.2, -0.15) is 0 Å². The van der Waals surface area contributed by atoms with Crippen LogP contribution in [0.3, 0.4) is 0 Å². The van der Waals surface area contributed by atoms with E-state index in [1.54, 1.807) is 12.1 Å². The maximum absolute atomic E-state index is 12.5. The number of nitrogens with zero attached hydrogens (tertiary/aromatic N) is 1. The van der Waals surface area contributed by atoms with Gasteiger partial charge in [0, 0.05) is 22.3 Å². The summed E-state index contributed by atoms with van der Waals surface area (Å²) in [6.45, 7) is 5.83. The second-order valence-electron chi connectivity index (χ2n) is 7.47. The SMILES string of the molecule is Cc1cc(C)cc(NC(=O)CN2CCC(C(=O)Nc3cccc(Cl)c3)CC2)c1. The number of anilines is 2. The highest BCUT2D eigenvalue weighted by molar-refractivity contribution is 6.30. The van der Waals surface area contributed by atoms with Gasteiger partial charge in [0.1, 0.15) is 0 Å². The molecule has 0 radical (unpaired) electrons. The van der Waals surface area contributed by atoms with Crippen molar-refractivity contribution in [2.24, 2.45) is 5.92 Å². The Bertz CT molecular complexity index is 840. The smallest absolute Gasteiger partial charge is 0.238 e. The number of carbonyl (C=O) groups is 2. The maximum Gasteiger partial charge on any atom is 0.238 e. The Morgan fingerprint density at radius 2 is 1.68 bits per heavy atom. The average molecular weight is 400 g/mol. The summed E-state index contributed by atoms with van der Waals surface area (Å²) in [5.41, 5.74) is 3.80. The van der Waals surface area contributed by atoms with E-state index in [-0.39, 0.29) is 17.7 Å². The summed E-state index contributed by atoms with van der Waals surface area (Å²) >= 11 is 5.96. The Kier molecular flexibility index (Phi) is 6.70. The molecule has 1 aliphatic rings. The zero-order valence-corrected chi connectivity index (χ0v) is 17.1. The molecule has 1 saturated heterocycles. The highest BCUT2D eigenvalue weighted by atomic mass is 35.5. The zero-order valence-electron chi connectivity index (χ0n) is 16.3. The van der Waals surface area contributed by atoms with Crippen molar-refractivity contribution in [2.45, 2.75) is 26.7 Å². The average Bonchev–Trinajstić information content (AvgIpc) is 2.61. The van der Waals surface area contributed by atoms with E-state index in [4.69, 9.17) is 11.6 Å². The van der Waals surface area contributed by atoms with Gasteiger partial charge in [0.05, 0.1) is 6.54 Å². The second-order valence-corrected chi connectivity index (χ2v) is 7.91. The van der Waals surface area contributed by atoms with Crippen LogP contribution >= 0.6 is 11.6 Å². The highest BCUT2D eigenvalue weighted by Gasteiger charge is 2.26. The van der Waals surface area contributed by atoms with Crippen LogP contribution in [0.2, 0.25) is 5.02 Å². The van der Waals surface area contributed by atoms with E-state index < -0.39 is 0 Å². The van der Waals surface area contributed by atoms with Gasteiger partial charge in [-0.1, -0.05) is 23.7 Å². The van der Waals surface area contributed by atoms with Crippen LogP contribution in [0, 0.1) is 19.8 Å². The van der Waals surface area contributed by atoms with Crippen molar-refractivity contribution in [3.8, 4) is 0 Å². The largest absolute Gasteiger partial charge is 0.326 e. The first kappa shape index (κ1) is 20.4. The minimum absolute atomic E-state index is 0.0154. The molecule has 0 atom stereocenters. The van der Waals surface area contributed by atoms with Gasteiger partial charge >= 0.3 is 0 Å². The van der Waals surface area contributed by atoms with Crippen molar-refractivity contribution in [3.63, 3.8) is 0 Å². The van der Waals surface area contributed by atoms with Crippen molar-refractivity contribution < 1.29 is 9.59 Å². The zero-order chi connectivity index (χ0) is 20.1. The number of hydrogen-bond donors (Lipinski definition) is 2. The summed E-state index contributed by atoms with van der Waals surface area (Å²) in [5.74, 6) is -0.0499. The van der Waals surface area contributed by atoms with Crippen molar-refractivity contribution in [3.05, 3.63) is 58.6 Å². The van der Waals surface area contributed by atoms with Gasteiger partial charge in [-0.15, -0.1) is 0 Å². The molecule has 2 aromatic carbocycles. The second kappa shape index (κ2) is 9.22. The van der Waals surface area contributed by atoms with Gasteiger partial charge in [0.15, 0.2) is 0 Å². The van der Waals surface area contributed by atoms with Crippen LogP contribution in [0.1, 0.15) is 24.0 Å². The summed E-state index contributed by atoms with van der Waals surface area (Å²) < 4.78 is 0. The predicted octanol–water partition coefficient (Wildman–Crippen LogP) is 4.25. The molecule has 28 heavy (non-hydrogen) atoms. The van der Waals surface area contributed by atoms with Gasteiger partial charge < -0.3 is 10.6 Å². The molecule has 5 nitrogen and oxygen atoms in total. The van der Waals surface area contributed by atoms with E-state index in [9.17, 15) is 9.59 Å². The first-order valence-corrected chi connectivity index (χ1v) is 9.94. The number of amides is 2. The molecule has 1 aliphatic heterocycles. The molecule has 148 valence electrons. The van der Waals surface area contributed by atoms with Crippen LogP contribution in [0.4, 0.5) is 11.4 Å². The number of hydrogen-bond acceptors (Lipinski definition) is 3. The normalized spacial score (nSPS) is 15.2. The van der Waals surface area contributed by atoms with Crippen LogP contribution in [0.5, 0.6) is 0 Å². The van der Waals surface area contributed by atoms with Crippen molar-refractivity contribution in [2.75, 3.05) is 30.3 Å². The monoisotopic (exact) mass is 399 g/mol. The van der Waals surface area contributed by atoms with E-state index in [2.05, 4.69) is 21.6 Å². The summed E-state index contributed by atoms with van der Waals surface area (Å²) in [6, 6.07) is 13.2. The molecule has 0 bridgehead atoms. The number of rotatable bonds is 5. The fourth-order valence-corrected chi connectivity index (χ4v) is 3.80. The molecule has 0 aromatic heterocycles. The van der Waals surface area contributed by atoms with Crippen LogP contribution < -0.4 is 10.6 Å². The minimum Gasteiger partial charge on any atom is -0.326 e. The molecule has 2 N–H and O–H groups in total. The van der Waals surface area contributed by atoms with Gasteiger partial charge in [-0.05, 0) is 81.2 Å². The maximum atomic E-state index is 12.5. The lowest BCUT2D eigenvalue weighted by molar-refractivity contribution is -0.121. The molecule has 3 rings (SSSR count). The summed E-state index contributed by atoms with van der Waals surface area (Å²) in [6.07, 6.45) is 1.48. The number of likely N-dealkylation sites (tertiary alicyclic amines) is 1. The van der Waals surface area contributed by atoms with E-state index in [0.29, 0.717) is 17.3 Å². The minimum atomic E-state index is -0.0438. The third-order valence-corrected chi connectivity index (χ3v) is 5.16. The van der Waals surface area contributed by atoms with Crippen molar-refractivity contribution >= 4 is 34.8 Å². The Morgan fingerprint density at radius 1 is 1.00 bits per heavy atom. The van der Waals surface area contributed by atoms with Crippen molar-refractivity contribution in [1.29, 1.82) is 0 Å². The van der Waals surface area contributed by atoms with E-state index >= 15 is 0 Å². The fourth-order valence-electron chi connectivity index (χ4n) is 3.61. The van der Waals surface area contributed by atoms with Crippen LogP contribution in [0.15, 0.2) is 42.5 Å². The standard InChI is InChI=1S/C22H26ClN3O2/c1-15-10-16(2)12-20(11-15)24-21(27)14-26-8-6-17(7-9-26)22(28)25-19-5-3-4-18(23)13-19/h3-5,10-13,17H,6-9,14H2,1-2H3,(H,24,27)(H,25,28). The molecule has 0 unspecified atom stereocenters. The van der Waals surface area contributed by atoms with Crippen LogP contribution in [-0.4, -0.2) is 36.3 Å². The first-order chi connectivity index (χ1) is 13.4. The summed E-state index contributed by atoms with van der Waals surface area (Å²) in [4.78, 5) is 26.9. The highest BCUT2D eigenvalue weighted by Crippen LogP contribution is 2.21. The molecule has 1 fully saturated rings. The molecular weight excluding hydrogens is 374 g/mol. The predicted molar refractivity (Wildman–Crippen MR) is 114 cm³/mol. The van der Waals surface area contributed by atoms with Gasteiger partial charge in [0.2, 0.25) is 11.8 Å². The van der Waals surface area contributed by atoms with E-state index in [1.165, 1.54) is 0 Å². The third kappa shape index (κ3) is 5.81. The number of aryl methyl sites for hydroxylation is 2. The van der Waals surface area contributed by atoms with Gasteiger partial charge in [-0.25, -0.2) is 0 Å². The molecule has 6 heteroatoms. The van der Waals surface area contributed by atoms with E-state index in [0.717, 1.165) is 42.7 Å². The first-order valence-electron chi connectivity index (χ1n) is 9.56. The quantitative estimate of drug-likeness (QED) is 0.790. The molecule has 0 aliphatic carbocycles. The Balaban J connectivity index is 1.45. The molecule has 0 spiro atoms. The lowest BCUT2D eigenvalue weighted by Crippen LogP contribution is -2.41. The third-order valence-electron chi connectivity index (χ3n) is 4.92. The lowest BCUT2D eigenvalue weighted by Gasteiger charge is -2.30. The van der Waals surface area contributed by atoms with Gasteiger partial charge in [0.25, 0.3) is 0 Å². The van der Waals surface area contributed by atoms with Crippen LogP contribution in [-0.2, 0) is 9.59 Å². The number of halogens is 1. The molecule has 2 aromatic rings. The van der Waals surface area contributed by atoms with Gasteiger partial charge in [-0.3, -0.25) is 14.5 Å². The molecule has 1 heterocycles. The Morgan fingerprint density at radius 3 is 2.32 bits per heavy atom. The fraction of sp³-hybridized carbons (Fsp3) is 0.364. The number of nitrogens with one attached hydrogen (secondary N) is 2.